The van der Waals surface area contributed by atoms with E-state index in [4.69, 9.17) is 23.7 Å². The lowest BCUT2D eigenvalue weighted by Gasteiger charge is -2.68. The van der Waals surface area contributed by atoms with E-state index in [1.165, 1.54) is 32.9 Å². The number of carbonyl (C=O) groups is 5. The van der Waals surface area contributed by atoms with Crippen molar-refractivity contribution in [2.45, 2.75) is 82.8 Å². The van der Waals surface area contributed by atoms with Gasteiger partial charge in [0, 0.05) is 30.6 Å². The van der Waals surface area contributed by atoms with Gasteiger partial charge in [0.25, 0.3) is 0 Å². The molecule has 1 aromatic carbocycles. The zero-order valence-corrected chi connectivity index (χ0v) is 23.9. The van der Waals surface area contributed by atoms with Crippen LogP contribution in [0.1, 0.15) is 51.4 Å². The molecule has 11 atom stereocenters. The van der Waals surface area contributed by atoms with E-state index in [1.807, 2.05) is 0 Å². The number of ketones is 2. The number of benzene rings is 1. The fourth-order valence-corrected chi connectivity index (χ4v) is 8.72. The van der Waals surface area contributed by atoms with Gasteiger partial charge in [0.05, 0.1) is 29.6 Å². The highest BCUT2D eigenvalue weighted by Gasteiger charge is 2.84. The minimum atomic E-state index is -2.10. The minimum absolute atomic E-state index is 0.120. The van der Waals surface area contributed by atoms with Gasteiger partial charge in [-0.3, -0.25) is 14.4 Å². The Balaban J connectivity index is 1.68. The number of aliphatic hydroxyl groups is 2. The van der Waals surface area contributed by atoms with E-state index < -0.39 is 100.0 Å². The summed E-state index contributed by atoms with van der Waals surface area (Å²) in [6.45, 7) is 7.11. The van der Waals surface area contributed by atoms with Gasteiger partial charge in [-0.25, -0.2) is 9.59 Å². The van der Waals surface area contributed by atoms with E-state index in [-0.39, 0.29) is 18.6 Å². The van der Waals surface area contributed by atoms with Crippen LogP contribution in [0.5, 0.6) is 0 Å². The number of fused-ring (bicyclic) bond motifs is 4. The maximum absolute atomic E-state index is 14.5. The molecule has 226 valence electrons. The highest BCUT2D eigenvalue weighted by molar-refractivity contribution is 5.96. The summed E-state index contributed by atoms with van der Waals surface area (Å²) < 4.78 is 29.4. The highest BCUT2D eigenvalue weighted by atomic mass is 16.8. The van der Waals surface area contributed by atoms with Crippen LogP contribution in [0.15, 0.2) is 30.3 Å². The molecule has 0 radical (unpaired) electrons. The van der Waals surface area contributed by atoms with E-state index >= 15 is 0 Å². The summed E-state index contributed by atoms with van der Waals surface area (Å²) in [5.41, 5.74) is -6.98. The first-order chi connectivity index (χ1) is 19.6. The molecule has 2 saturated heterocycles. The van der Waals surface area contributed by atoms with Gasteiger partial charge >= 0.3 is 18.1 Å². The monoisotopic (exact) mass is 586 g/mol. The van der Waals surface area contributed by atoms with Crippen molar-refractivity contribution in [3.05, 3.63) is 35.9 Å². The molecule has 12 nitrogen and oxygen atoms in total. The molecule has 5 fully saturated rings. The Morgan fingerprint density at radius 3 is 2.31 bits per heavy atom. The van der Waals surface area contributed by atoms with Gasteiger partial charge in [0.1, 0.15) is 12.2 Å². The number of rotatable bonds is 3. The third kappa shape index (κ3) is 3.37. The molecule has 0 amide bonds. The summed E-state index contributed by atoms with van der Waals surface area (Å²) in [6, 6.07) is 7.93. The smallest absolute Gasteiger partial charge is 0.454 e. The molecule has 5 aliphatic rings. The summed E-state index contributed by atoms with van der Waals surface area (Å²) in [6.07, 6.45) is -8.81. The number of aliphatic hydroxyl groups excluding tert-OH is 2. The van der Waals surface area contributed by atoms with Crippen molar-refractivity contribution in [3.63, 3.8) is 0 Å². The summed E-state index contributed by atoms with van der Waals surface area (Å²) in [5, 5.41) is 23.4. The number of Topliss-reactive ketones (excluding diaryl/α,β-unsaturated/α-hetero) is 2. The Hall–Kier alpha value is -3.35. The van der Waals surface area contributed by atoms with Crippen molar-refractivity contribution in [3.8, 4) is 0 Å². The number of ether oxygens (including phenoxy) is 5. The van der Waals surface area contributed by atoms with E-state index in [1.54, 1.807) is 32.0 Å². The second-order valence-electron chi connectivity index (χ2n) is 12.9. The Bertz CT molecular complexity index is 1370. The number of hydrogen-bond acceptors (Lipinski definition) is 12. The van der Waals surface area contributed by atoms with Crippen molar-refractivity contribution in [1.82, 2.24) is 0 Å². The molecular weight excluding hydrogens is 552 g/mol. The maximum atomic E-state index is 14.5. The molecule has 6 rings (SSSR count). The summed E-state index contributed by atoms with van der Waals surface area (Å²) >= 11 is 0. The first-order valence-corrected chi connectivity index (χ1v) is 14.1. The van der Waals surface area contributed by atoms with Crippen molar-refractivity contribution < 1.29 is 57.9 Å². The van der Waals surface area contributed by atoms with E-state index in [0.717, 1.165) is 0 Å². The molecule has 2 heterocycles. The summed E-state index contributed by atoms with van der Waals surface area (Å²) in [5.74, 6) is -6.60. The van der Waals surface area contributed by atoms with Crippen molar-refractivity contribution in [1.29, 1.82) is 0 Å². The Morgan fingerprint density at radius 2 is 1.71 bits per heavy atom. The van der Waals surface area contributed by atoms with E-state index in [9.17, 15) is 34.2 Å². The van der Waals surface area contributed by atoms with Crippen LogP contribution < -0.4 is 0 Å². The normalized spacial score (nSPS) is 45.0. The maximum Gasteiger partial charge on any atom is 0.510 e. The van der Waals surface area contributed by atoms with Crippen LogP contribution in [0.2, 0.25) is 0 Å². The second kappa shape index (κ2) is 9.08. The number of esters is 2. The standard InChI is InChI=1S/C30H34O12/c1-13-18-20(34)22(35)28(5)16(32)11-17-29(12-38-17,41-14(2)31)21(28)24(39-25(36)15-9-7-6-8-10-15)30(27(18,3)4)23(19(13)33)40-26(37)42-30/h6-10,13,16-18,20-21,23-24,32,34H,11-12H2,1-5H3/t13?,16-,17?,18?,20+,21-,23-,24-,28+,29-,30+/m0/s1. The first-order valence-electron chi connectivity index (χ1n) is 14.1. The molecule has 1 aromatic rings. The predicted molar refractivity (Wildman–Crippen MR) is 139 cm³/mol. The quantitative estimate of drug-likeness (QED) is 0.386. The Kier molecular flexibility index (Phi) is 6.21. The zero-order valence-electron chi connectivity index (χ0n) is 23.9. The fourth-order valence-electron chi connectivity index (χ4n) is 8.72. The van der Waals surface area contributed by atoms with Gasteiger partial charge in [-0.1, -0.05) is 39.0 Å². The van der Waals surface area contributed by atoms with Gasteiger partial charge < -0.3 is 33.9 Å². The minimum Gasteiger partial charge on any atom is -0.454 e. The zero-order chi connectivity index (χ0) is 30.6. The number of hydrogen-bond donors (Lipinski definition) is 2. The Morgan fingerprint density at radius 1 is 1.05 bits per heavy atom. The predicted octanol–water partition coefficient (Wildman–Crippen LogP) is 1.38. The third-order valence-electron chi connectivity index (χ3n) is 10.7. The third-order valence-corrected chi connectivity index (χ3v) is 10.7. The van der Waals surface area contributed by atoms with Crippen LogP contribution in [0.25, 0.3) is 0 Å². The average Bonchev–Trinajstić information content (AvgIpc) is 3.30. The van der Waals surface area contributed by atoms with Gasteiger partial charge in [0.2, 0.25) is 11.7 Å². The number of carbonyl (C=O) groups excluding carboxylic acids is 5. The van der Waals surface area contributed by atoms with Crippen LogP contribution >= 0.6 is 0 Å². The average molecular weight is 587 g/mol. The van der Waals surface area contributed by atoms with Gasteiger partial charge in [-0.2, -0.15) is 0 Å². The van der Waals surface area contributed by atoms with Crippen LogP contribution in [-0.2, 0) is 38.1 Å². The lowest BCUT2D eigenvalue weighted by atomic mass is 9.42. The molecule has 42 heavy (non-hydrogen) atoms. The highest BCUT2D eigenvalue weighted by Crippen LogP contribution is 2.66. The molecule has 2 bridgehead atoms. The van der Waals surface area contributed by atoms with Crippen molar-refractivity contribution >= 4 is 29.7 Å². The SMILES string of the molecule is CC(=O)O[C@@]12COC1C[C@H](O)[C@@]1(C)C(=O)[C@H](O)C3C(C)C(=O)[C@@H]4OC(=O)O[C@]4([C@@H](OC(=O)c4ccccc4)[C@@H]12)C3(C)C. The Labute approximate surface area is 241 Å². The van der Waals surface area contributed by atoms with Crippen LogP contribution in [0.3, 0.4) is 0 Å². The van der Waals surface area contributed by atoms with Crippen LogP contribution in [-0.4, -0.2) is 88.2 Å². The fraction of sp³-hybridized carbons (Fsp3) is 0.633. The van der Waals surface area contributed by atoms with E-state index in [0.29, 0.717) is 0 Å². The molecule has 0 aromatic heterocycles. The second-order valence-corrected chi connectivity index (χ2v) is 12.9. The summed E-state index contributed by atoms with van der Waals surface area (Å²) in [7, 11) is 0. The lowest BCUT2D eigenvalue weighted by molar-refractivity contribution is -0.350. The van der Waals surface area contributed by atoms with Crippen molar-refractivity contribution in [2.75, 3.05) is 6.61 Å². The van der Waals surface area contributed by atoms with Gasteiger partial charge in [0.15, 0.2) is 23.3 Å². The topological polar surface area (TPSA) is 172 Å². The molecule has 1 spiro atoms. The van der Waals surface area contributed by atoms with Gasteiger partial charge in [-0.15, -0.1) is 0 Å². The lowest BCUT2D eigenvalue weighted by Crippen LogP contribution is -2.84. The molecular formula is C30H34O12. The van der Waals surface area contributed by atoms with E-state index in [2.05, 4.69) is 0 Å². The molecule has 2 aliphatic heterocycles. The van der Waals surface area contributed by atoms with Crippen LogP contribution in [0, 0.1) is 28.6 Å². The molecule has 12 heteroatoms. The largest absolute Gasteiger partial charge is 0.510 e. The molecule has 2 N–H and O–H groups in total. The first kappa shape index (κ1) is 28.8. The summed E-state index contributed by atoms with van der Waals surface area (Å²) in [4.78, 5) is 67.8. The van der Waals surface area contributed by atoms with Crippen LogP contribution in [0.4, 0.5) is 4.79 Å². The molecule has 3 unspecified atom stereocenters. The molecule has 3 aliphatic carbocycles. The molecule has 3 saturated carbocycles. The van der Waals surface area contributed by atoms with Gasteiger partial charge in [-0.05, 0) is 19.1 Å². The van der Waals surface area contributed by atoms with Crippen molar-refractivity contribution in [2.24, 2.45) is 28.6 Å².